The summed E-state index contributed by atoms with van der Waals surface area (Å²) in [7, 11) is -0.579. The average molecular weight is 416 g/mol. The second-order valence-electron chi connectivity index (χ2n) is 8.72. The highest BCUT2D eigenvalue weighted by atomic mass is 28.4. The standard InChI is InChI=1S/C23H33NO4Si/c1-15(2)29(16(3)4,17(5)6)28-22-21(20-9-8-14-27-20)24(23(22)25)18-10-12-19(26-7)13-11-18/h8-17,21-22H,1-7H3/t21-,22+/m0/s1. The maximum atomic E-state index is 13.3. The quantitative estimate of drug-likeness (QED) is 0.396. The van der Waals surface area contributed by atoms with Gasteiger partial charge >= 0.3 is 0 Å². The van der Waals surface area contributed by atoms with Crippen LogP contribution in [-0.4, -0.2) is 27.4 Å². The van der Waals surface area contributed by atoms with Gasteiger partial charge in [-0.15, -0.1) is 0 Å². The summed E-state index contributed by atoms with van der Waals surface area (Å²) in [4.78, 5) is 15.1. The van der Waals surface area contributed by atoms with Gasteiger partial charge in [-0.25, -0.2) is 0 Å². The van der Waals surface area contributed by atoms with Crippen LogP contribution in [0, 0.1) is 0 Å². The number of benzene rings is 1. The van der Waals surface area contributed by atoms with Crippen LogP contribution in [0.15, 0.2) is 47.1 Å². The number of β-lactam (4-membered cyclic amide) rings is 1. The van der Waals surface area contributed by atoms with E-state index in [2.05, 4.69) is 41.5 Å². The van der Waals surface area contributed by atoms with Crippen LogP contribution in [0.1, 0.15) is 53.3 Å². The van der Waals surface area contributed by atoms with Crippen molar-refractivity contribution in [1.29, 1.82) is 0 Å². The number of methoxy groups -OCH3 is 1. The van der Waals surface area contributed by atoms with E-state index in [1.54, 1.807) is 18.3 Å². The number of amides is 1. The van der Waals surface area contributed by atoms with Crippen molar-refractivity contribution in [3.05, 3.63) is 48.4 Å². The third-order valence-electron chi connectivity index (χ3n) is 6.27. The molecule has 1 fully saturated rings. The smallest absolute Gasteiger partial charge is 0.258 e. The zero-order valence-corrected chi connectivity index (χ0v) is 19.5. The van der Waals surface area contributed by atoms with Gasteiger partial charge in [-0.3, -0.25) is 9.69 Å². The zero-order valence-electron chi connectivity index (χ0n) is 18.5. The Kier molecular flexibility index (Phi) is 6.24. The Hall–Kier alpha value is -2.05. The summed E-state index contributed by atoms with van der Waals surface area (Å²) >= 11 is 0. The Balaban J connectivity index is 1.97. The minimum absolute atomic E-state index is 0.00427. The molecule has 0 bridgehead atoms. The topological polar surface area (TPSA) is 51.9 Å². The summed E-state index contributed by atoms with van der Waals surface area (Å²) < 4.78 is 17.8. The van der Waals surface area contributed by atoms with E-state index in [0.717, 1.165) is 17.2 Å². The molecule has 1 aliphatic heterocycles. The summed E-state index contributed by atoms with van der Waals surface area (Å²) in [5.41, 5.74) is 2.04. The van der Waals surface area contributed by atoms with Gasteiger partial charge in [-0.2, -0.15) is 0 Å². The Labute approximate surface area is 175 Å². The van der Waals surface area contributed by atoms with Crippen molar-refractivity contribution in [2.75, 3.05) is 12.0 Å². The highest BCUT2D eigenvalue weighted by Gasteiger charge is 2.57. The summed E-state index contributed by atoms with van der Waals surface area (Å²) in [6, 6.07) is 11.1. The molecular formula is C23H33NO4Si. The van der Waals surface area contributed by atoms with E-state index in [-0.39, 0.29) is 11.9 Å². The van der Waals surface area contributed by atoms with Crippen LogP contribution in [0.25, 0.3) is 0 Å². The lowest BCUT2D eigenvalue weighted by atomic mass is 9.94. The van der Waals surface area contributed by atoms with Crippen LogP contribution in [0.3, 0.4) is 0 Å². The molecule has 0 aliphatic carbocycles. The number of rotatable bonds is 8. The van der Waals surface area contributed by atoms with Gasteiger partial charge in [0.2, 0.25) is 8.32 Å². The van der Waals surface area contributed by atoms with Gasteiger partial charge in [-0.05, 0) is 53.0 Å². The molecule has 1 aromatic carbocycles. The lowest BCUT2D eigenvalue weighted by Gasteiger charge is -2.52. The van der Waals surface area contributed by atoms with E-state index in [9.17, 15) is 4.79 Å². The van der Waals surface area contributed by atoms with E-state index in [1.165, 1.54) is 0 Å². The first-order valence-corrected chi connectivity index (χ1v) is 12.6. The summed E-state index contributed by atoms with van der Waals surface area (Å²) in [6.45, 7) is 13.4. The molecule has 0 saturated carbocycles. The lowest BCUT2D eigenvalue weighted by Crippen LogP contribution is -2.65. The number of ether oxygens (including phenoxy) is 1. The van der Waals surface area contributed by atoms with E-state index in [0.29, 0.717) is 16.6 Å². The van der Waals surface area contributed by atoms with Crippen molar-refractivity contribution in [1.82, 2.24) is 0 Å². The van der Waals surface area contributed by atoms with Gasteiger partial charge in [0.25, 0.3) is 5.91 Å². The first kappa shape index (κ1) is 21.7. The lowest BCUT2D eigenvalue weighted by molar-refractivity contribution is -0.136. The van der Waals surface area contributed by atoms with Gasteiger partial charge < -0.3 is 13.6 Å². The SMILES string of the molecule is COc1ccc(N2C(=O)[C@H](O[Si](C(C)C)(C(C)C)C(C)C)[C@@H]2c2ccco2)cc1. The largest absolute Gasteiger partial charge is 0.497 e. The second-order valence-corrected chi connectivity index (χ2v) is 14.1. The number of carbonyl (C=O) groups is 1. The molecular weight excluding hydrogens is 382 g/mol. The molecule has 1 aromatic heterocycles. The third-order valence-corrected chi connectivity index (χ3v) is 12.3. The fourth-order valence-electron chi connectivity index (χ4n) is 4.97. The molecule has 0 radical (unpaired) electrons. The highest BCUT2D eigenvalue weighted by molar-refractivity contribution is 6.77. The van der Waals surface area contributed by atoms with Gasteiger partial charge in [0, 0.05) is 5.69 Å². The number of anilines is 1. The number of nitrogens with zero attached hydrogens (tertiary/aromatic N) is 1. The first-order chi connectivity index (χ1) is 13.7. The molecule has 3 rings (SSSR count). The number of hydrogen-bond acceptors (Lipinski definition) is 4. The maximum absolute atomic E-state index is 13.3. The molecule has 1 aliphatic rings. The predicted octanol–water partition coefficient (Wildman–Crippen LogP) is 5.94. The molecule has 0 N–H and O–H groups in total. The zero-order chi connectivity index (χ0) is 21.3. The van der Waals surface area contributed by atoms with Crippen LogP contribution in [-0.2, 0) is 9.22 Å². The van der Waals surface area contributed by atoms with Crippen molar-refractivity contribution >= 4 is 19.9 Å². The summed E-state index contributed by atoms with van der Waals surface area (Å²) in [5.74, 6) is 1.51. The molecule has 0 spiro atoms. The van der Waals surface area contributed by atoms with Gasteiger partial charge in [0.1, 0.15) is 17.6 Å². The van der Waals surface area contributed by atoms with Crippen molar-refractivity contribution in [3.63, 3.8) is 0 Å². The normalized spacial score (nSPS) is 19.9. The van der Waals surface area contributed by atoms with Crippen molar-refractivity contribution in [3.8, 4) is 5.75 Å². The maximum Gasteiger partial charge on any atom is 0.258 e. The van der Waals surface area contributed by atoms with E-state index >= 15 is 0 Å². The molecule has 1 amide bonds. The van der Waals surface area contributed by atoms with Crippen LogP contribution in [0.4, 0.5) is 5.69 Å². The molecule has 158 valence electrons. The average Bonchev–Trinajstić information content (AvgIpc) is 3.19. The molecule has 2 aromatic rings. The Morgan fingerprint density at radius 2 is 1.55 bits per heavy atom. The van der Waals surface area contributed by atoms with Crippen molar-refractivity contribution in [2.45, 2.75) is 70.3 Å². The minimum atomic E-state index is -2.21. The highest BCUT2D eigenvalue weighted by Crippen LogP contribution is 2.49. The monoisotopic (exact) mass is 415 g/mol. The van der Waals surface area contributed by atoms with Crippen molar-refractivity contribution < 1.29 is 18.4 Å². The molecule has 29 heavy (non-hydrogen) atoms. The van der Waals surface area contributed by atoms with Crippen LogP contribution in [0.5, 0.6) is 5.75 Å². The van der Waals surface area contributed by atoms with Crippen LogP contribution in [0.2, 0.25) is 16.6 Å². The Morgan fingerprint density at radius 1 is 0.966 bits per heavy atom. The van der Waals surface area contributed by atoms with E-state index in [4.69, 9.17) is 13.6 Å². The molecule has 6 heteroatoms. The summed E-state index contributed by atoms with van der Waals surface area (Å²) in [6.07, 6.45) is 1.14. The molecule has 2 heterocycles. The van der Waals surface area contributed by atoms with Gasteiger partial charge in [-0.1, -0.05) is 41.5 Å². The minimum Gasteiger partial charge on any atom is -0.497 e. The molecule has 0 unspecified atom stereocenters. The molecule has 2 atom stereocenters. The second kappa shape index (κ2) is 8.36. The van der Waals surface area contributed by atoms with E-state index in [1.807, 2.05) is 36.4 Å². The predicted molar refractivity (Wildman–Crippen MR) is 118 cm³/mol. The number of furan rings is 1. The first-order valence-electron chi connectivity index (χ1n) is 10.4. The molecule has 1 saturated heterocycles. The van der Waals surface area contributed by atoms with E-state index < -0.39 is 14.4 Å². The molecule has 5 nitrogen and oxygen atoms in total. The van der Waals surface area contributed by atoms with Crippen LogP contribution < -0.4 is 9.64 Å². The van der Waals surface area contributed by atoms with Crippen LogP contribution >= 0.6 is 0 Å². The van der Waals surface area contributed by atoms with Gasteiger partial charge in [0.05, 0.1) is 13.4 Å². The van der Waals surface area contributed by atoms with Crippen molar-refractivity contribution in [2.24, 2.45) is 0 Å². The fraction of sp³-hybridized carbons (Fsp3) is 0.522. The fourth-order valence-corrected chi connectivity index (χ4v) is 10.5. The van der Waals surface area contributed by atoms with Gasteiger partial charge in [0.15, 0.2) is 6.10 Å². The number of carbonyl (C=O) groups excluding carboxylic acids is 1. The Morgan fingerprint density at radius 3 is 2.00 bits per heavy atom. The summed E-state index contributed by atoms with van der Waals surface area (Å²) in [5, 5.41) is 0. The third kappa shape index (κ3) is 3.64. The number of hydrogen-bond donors (Lipinski definition) is 0. The Bertz CT molecular complexity index is 792.